The molecule has 0 radical (unpaired) electrons. The first-order valence-corrected chi connectivity index (χ1v) is 9.18. The van der Waals surface area contributed by atoms with E-state index in [1.807, 2.05) is 18.3 Å². The first-order chi connectivity index (χ1) is 12.9. The van der Waals surface area contributed by atoms with Gasteiger partial charge in [-0.15, -0.1) is 0 Å². The fraction of sp³-hybridized carbons (Fsp3) is 0.158. The summed E-state index contributed by atoms with van der Waals surface area (Å²) in [5.74, 6) is 0.439. The van der Waals surface area contributed by atoms with Crippen molar-refractivity contribution >= 4 is 23.4 Å². The van der Waals surface area contributed by atoms with E-state index in [2.05, 4.69) is 14.9 Å². The van der Waals surface area contributed by atoms with E-state index in [4.69, 9.17) is 0 Å². The normalized spacial score (nSPS) is 13.4. The molecule has 0 atom stereocenters. The lowest BCUT2D eigenvalue weighted by Gasteiger charge is -2.09. The number of nitrogens with one attached hydrogen (secondary N) is 1. The number of aryl methyl sites for hydroxylation is 1. The van der Waals surface area contributed by atoms with Gasteiger partial charge in [-0.2, -0.15) is 13.2 Å². The lowest BCUT2D eigenvalue weighted by molar-refractivity contribution is -0.137. The molecule has 27 heavy (non-hydrogen) atoms. The number of amides is 1. The Morgan fingerprint density at radius 1 is 1.15 bits per heavy atom. The van der Waals surface area contributed by atoms with Crippen molar-refractivity contribution in [2.24, 2.45) is 0 Å². The van der Waals surface area contributed by atoms with E-state index in [0.717, 1.165) is 40.8 Å². The third kappa shape index (κ3) is 3.71. The van der Waals surface area contributed by atoms with Crippen LogP contribution in [-0.4, -0.2) is 21.2 Å². The van der Waals surface area contributed by atoms with Crippen LogP contribution in [0.15, 0.2) is 59.9 Å². The summed E-state index contributed by atoms with van der Waals surface area (Å²) in [6, 6.07) is 11.4. The third-order valence-corrected chi connectivity index (χ3v) is 5.16. The van der Waals surface area contributed by atoms with Crippen molar-refractivity contribution in [3.8, 4) is 11.3 Å². The highest BCUT2D eigenvalue weighted by Crippen LogP contribution is 2.31. The molecule has 0 saturated heterocycles. The minimum atomic E-state index is -4.49. The van der Waals surface area contributed by atoms with Crippen LogP contribution in [0.1, 0.15) is 15.9 Å². The monoisotopic (exact) mass is 389 g/mol. The minimum Gasteiger partial charge on any atom is -0.325 e. The van der Waals surface area contributed by atoms with Crippen molar-refractivity contribution in [2.45, 2.75) is 17.9 Å². The molecule has 4 nitrogen and oxygen atoms in total. The van der Waals surface area contributed by atoms with Gasteiger partial charge in [0.1, 0.15) is 0 Å². The Balaban J connectivity index is 1.49. The summed E-state index contributed by atoms with van der Waals surface area (Å²) in [6.45, 7) is 0.943. The molecule has 2 aromatic carbocycles. The number of anilines is 1. The number of thioether (sulfide) groups is 1. The van der Waals surface area contributed by atoms with Gasteiger partial charge in [-0.3, -0.25) is 4.79 Å². The van der Waals surface area contributed by atoms with Gasteiger partial charge in [-0.1, -0.05) is 30.0 Å². The number of fused-ring (bicyclic) bond motifs is 1. The molecule has 1 aliphatic heterocycles. The topological polar surface area (TPSA) is 46.9 Å². The van der Waals surface area contributed by atoms with Crippen LogP contribution in [0.4, 0.5) is 18.9 Å². The average molecular weight is 389 g/mol. The van der Waals surface area contributed by atoms with Gasteiger partial charge >= 0.3 is 6.18 Å². The fourth-order valence-electron chi connectivity index (χ4n) is 2.81. The molecule has 2 heterocycles. The number of alkyl halides is 3. The molecule has 1 N–H and O–H groups in total. The standard InChI is InChI=1S/C19H14F3N3OS/c20-19(21,22)14-3-1-2-13(10-14)17(26)23-15-6-4-12(5-7-15)16-11-25-8-9-27-18(25)24-16/h1-7,10-11H,8-9H2,(H,23,26). The van der Waals surface area contributed by atoms with Crippen molar-refractivity contribution < 1.29 is 18.0 Å². The van der Waals surface area contributed by atoms with Crippen LogP contribution in [-0.2, 0) is 12.7 Å². The minimum absolute atomic E-state index is 0.0450. The van der Waals surface area contributed by atoms with Crippen molar-refractivity contribution in [2.75, 3.05) is 11.1 Å². The Hall–Kier alpha value is -2.74. The summed E-state index contributed by atoms with van der Waals surface area (Å²) >= 11 is 1.71. The smallest absolute Gasteiger partial charge is 0.325 e. The first-order valence-electron chi connectivity index (χ1n) is 8.19. The Bertz CT molecular complexity index is 975. The Morgan fingerprint density at radius 2 is 1.93 bits per heavy atom. The lowest BCUT2D eigenvalue weighted by Crippen LogP contribution is -2.13. The molecule has 8 heteroatoms. The molecule has 0 aliphatic carbocycles. The number of imidazole rings is 1. The maximum Gasteiger partial charge on any atom is 0.416 e. The molecule has 0 bridgehead atoms. The van der Waals surface area contributed by atoms with Crippen LogP contribution in [0.25, 0.3) is 11.3 Å². The van der Waals surface area contributed by atoms with E-state index in [9.17, 15) is 18.0 Å². The number of nitrogens with zero attached hydrogens (tertiary/aromatic N) is 2. The van der Waals surface area contributed by atoms with Crippen molar-refractivity contribution in [1.82, 2.24) is 9.55 Å². The highest BCUT2D eigenvalue weighted by atomic mass is 32.2. The highest BCUT2D eigenvalue weighted by molar-refractivity contribution is 7.99. The average Bonchev–Trinajstić information content (AvgIpc) is 3.24. The van der Waals surface area contributed by atoms with Gasteiger partial charge in [-0.05, 0) is 30.3 Å². The predicted molar refractivity (Wildman–Crippen MR) is 97.8 cm³/mol. The molecule has 4 rings (SSSR count). The van der Waals surface area contributed by atoms with Crippen LogP contribution >= 0.6 is 11.8 Å². The molecule has 0 saturated carbocycles. The molecule has 1 amide bonds. The van der Waals surface area contributed by atoms with Crippen LogP contribution < -0.4 is 5.32 Å². The second kappa shape index (κ2) is 6.77. The number of halogens is 3. The maximum absolute atomic E-state index is 12.8. The lowest BCUT2D eigenvalue weighted by atomic mass is 10.1. The summed E-state index contributed by atoms with van der Waals surface area (Å²) in [5.41, 5.74) is 1.37. The van der Waals surface area contributed by atoms with E-state index >= 15 is 0 Å². The highest BCUT2D eigenvalue weighted by Gasteiger charge is 2.30. The molecule has 0 spiro atoms. The van der Waals surface area contributed by atoms with Crippen molar-refractivity contribution in [1.29, 1.82) is 0 Å². The predicted octanol–water partition coefficient (Wildman–Crippen LogP) is 4.93. The fourth-order valence-corrected chi connectivity index (χ4v) is 3.76. The number of benzene rings is 2. The van der Waals surface area contributed by atoms with Gasteiger partial charge in [0.2, 0.25) is 0 Å². The molecular weight excluding hydrogens is 375 g/mol. The van der Waals surface area contributed by atoms with E-state index in [1.165, 1.54) is 12.1 Å². The van der Waals surface area contributed by atoms with E-state index in [1.54, 1.807) is 23.9 Å². The SMILES string of the molecule is O=C(Nc1ccc(-c2cn3c(n2)SCC3)cc1)c1cccc(C(F)(F)F)c1. The van der Waals surface area contributed by atoms with E-state index in [0.29, 0.717) is 5.69 Å². The van der Waals surface area contributed by atoms with Gasteiger partial charge in [0.15, 0.2) is 5.16 Å². The number of carbonyl (C=O) groups is 1. The van der Waals surface area contributed by atoms with Gasteiger partial charge in [0, 0.05) is 35.3 Å². The van der Waals surface area contributed by atoms with Gasteiger partial charge in [-0.25, -0.2) is 4.98 Å². The zero-order valence-corrected chi connectivity index (χ0v) is 14.8. The number of aromatic nitrogens is 2. The summed E-state index contributed by atoms with van der Waals surface area (Å²) in [4.78, 5) is 16.8. The van der Waals surface area contributed by atoms with Gasteiger partial charge in [0.05, 0.1) is 11.3 Å². The zero-order chi connectivity index (χ0) is 19.0. The van der Waals surface area contributed by atoms with Gasteiger partial charge in [0.25, 0.3) is 5.91 Å². The summed E-state index contributed by atoms with van der Waals surface area (Å²) in [6.07, 6.45) is -2.49. The molecule has 138 valence electrons. The molecule has 0 unspecified atom stereocenters. The first kappa shape index (κ1) is 17.7. The Morgan fingerprint density at radius 3 is 2.63 bits per heavy atom. The van der Waals surface area contributed by atoms with E-state index < -0.39 is 17.6 Å². The summed E-state index contributed by atoms with van der Waals surface area (Å²) in [5, 5.41) is 3.61. The maximum atomic E-state index is 12.8. The second-order valence-electron chi connectivity index (χ2n) is 6.06. The van der Waals surface area contributed by atoms with E-state index in [-0.39, 0.29) is 5.56 Å². The summed E-state index contributed by atoms with van der Waals surface area (Å²) < 4.78 is 40.4. The molecular formula is C19H14F3N3OS. The van der Waals surface area contributed by atoms with Crippen molar-refractivity contribution in [3.05, 3.63) is 65.9 Å². The van der Waals surface area contributed by atoms with Gasteiger partial charge < -0.3 is 9.88 Å². The zero-order valence-electron chi connectivity index (χ0n) is 14.0. The molecule has 1 aromatic heterocycles. The van der Waals surface area contributed by atoms with Crippen LogP contribution in [0.3, 0.4) is 0 Å². The Kier molecular flexibility index (Phi) is 4.43. The number of hydrogen-bond donors (Lipinski definition) is 1. The molecule has 0 fully saturated rings. The van der Waals surface area contributed by atoms with Crippen LogP contribution in [0.5, 0.6) is 0 Å². The number of carbonyl (C=O) groups excluding carboxylic acids is 1. The number of rotatable bonds is 3. The molecule has 1 aliphatic rings. The van der Waals surface area contributed by atoms with Crippen LogP contribution in [0.2, 0.25) is 0 Å². The largest absolute Gasteiger partial charge is 0.416 e. The van der Waals surface area contributed by atoms with Crippen molar-refractivity contribution in [3.63, 3.8) is 0 Å². The molecule has 3 aromatic rings. The third-order valence-electron chi connectivity index (χ3n) is 4.19. The van der Waals surface area contributed by atoms with Crippen LogP contribution in [0, 0.1) is 0 Å². The second-order valence-corrected chi connectivity index (χ2v) is 7.12. The quantitative estimate of drug-likeness (QED) is 0.691. The Labute approximate surface area is 157 Å². The summed E-state index contributed by atoms with van der Waals surface area (Å²) in [7, 11) is 0. The number of hydrogen-bond acceptors (Lipinski definition) is 3.